The molecule has 14 nitrogen and oxygen atoms in total. The first-order chi connectivity index (χ1) is 17.5. The van der Waals surface area contributed by atoms with E-state index in [0.29, 0.717) is 0 Å². The molecular formula is C21H23FN6O8S. The summed E-state index contributed by atoms with van der Waals surface area (Å²) in [6.45, 7) is 2.26. The molecule has 3 heterocycles. The molecule has 37 heavy (non-hydrogen) atoms. The summed E-state index contributed by atoms with van der Waals surface area (Å²) in [6.07, 6.45) is -4.04. The zero-order chi connectivity index (χ0) is 26.9. The zero-order valence-electron chi connectivity index (χ0n) is 19.5. The average molecular weight is 539 g/mol. The molecule has 1 aliphatic rings. The first kappa shape index (κ1) is 26.2. The molecule has 16 heteroatoms. The van der Waals surface area contributed by atoms with E-state index in [1.807, 2.05) is 0 Å². The van der Waals surface area contributed by atoms with E-state index >= 15 is 4.39 Å². The van der Waals surface area contributed by atoms with Crippen molar-refractivity contribution in [2.24, 2.45) is 5.92 Å². The van der Waals surface area contributed by atoms with Crippen LogP contribution >= 0.6 is 0 Å². The van der Waals surface area contributed by atoms with Gasteiger partial charge < -0.3 is 20.3 Å². The molecule has 0 saturated carbocycles. The lowest BCUT2D eigenvalue weighted by atomic mass is 10.1. The van der Waals surface area contributed by atoms with Crippen molar-refractivity contribution in [1.29, 1.82) is 0 Å². The van der Waals surface area contributed by atoms with Gasteiger partial charge in [0.05, 0.1) is 24.4 Å². The summed E-state index contributed by atoms with van der Waals surface area (Å²) < 4.78 is 59.0. The number of nitrogen functional groups attached to an aromatic ring is 1. The molecule has 2 aromatic heterocycles. The van der Waals surface area contributed by atoms with Gasteiger partial charge in [-0.15, -0.1) is 0 Å². The zero-order valence-corrected chi connectivity index (χ0v) is 20.3. The van der Waals surface area contributed by atoms with Crippen LogP contribution in [-0.2, 0) is 28.8 Å². The van der Waals surface area contributed by atoms with Crippen LogP contribution in [0.15, 0.2) is 36.9 Å². The largest absolute Gasteiger partial charge is 0.507 e. The van der Waals surface area contributed by atoms with Crippen molar-refractivity contribution in [3.8, 4) is 5.75 Å². The number of nitrogens with one attached hydrogen (secondary N) is 1. The number of amides is 1. The number of carbonyl (C=O) groups excluding carboxylic acids is 2. The Kier molecular flexibility index (Phi) is 7.24. The van der Waals surface area contributed by atoms with Crippen molar-refractivity contribution >= 4 is 39.2 Å². The number of benzene rings is 1. The summed E-state index contributed by atoms with van der Waals surface area (Å²) in [5.74, 6) is -2.92. The maximum atomic E-state index is 15.6. The number of carbonyl (C=O) groups is 2. The highest BCUT2D eigenvalue weighted by atomic mass is 32.2. The van der Waals surface area contributed by atoms with Crippen molar-refractivity contribution in [2.75, 3.05) is 12.3 Å². The number of para-hydroxylation sites is 1. The van der Waals surface area contributed by atoms with Crippen LogP contribution in [0.1, 0.15) is 30.4 Å². The molecule has 3 aromatic rings. The fourth-order valence-electron chi connectivity index (χ4n) is 3.54. The lowest BCUT2D eigenvalue weighted by molar-refractivity contribution is -0.158. The molecule has 1 fully saturated rings. The van der Waals surface area contributed by atoms with Gasteiger partial charge in [-0.05, 0) is 12.1 Å². The molecule has 1 aliphatic heterocycles. The number of halogens is 1. The third-order valence-electron chi connectivity index (χ3n) is 5.41. The number of fused-ring (bicyclic) bond motifs is 1. The maximum absolute atomic E-state index is 15.6. The highest BCUT2D eigenvalue weighted by Crippen LogP contribution is 2.36. The Labute approximate surface area is 209 Å². The second-order valence-electron chi connectivity index (χ2n) is 8.34. The Bertz CT molecular complexity index is 1430. The normalized spacial score (nSPS) is 21.8. The van der Waals surface area contributed by atoms with Crippen LogP contribution < -0.4 is 10.5 Å². The van der Waals surface area contributed by atoms with E-state index < -0.39 is 65.1 Å². The molecule has 4 N–H and O–H groups in total. The van der Waals surface area contributed by atoms with Crippen molar-refractivity contribution < 1.29 is 41.2 Å². The Hall–Kier alpha value is -3.89. The summed E-state index contributed by atoms with van der Waals surface area (Å²) in [5, 5.41) is 9.75. The summed E-state index contributed by atoms with van der Waals surface area (Å²) in [7, 11) is -4.74. The monoisotopic (exact) mass is 538 g/mol. The summed E-state index contributed by atoms with van der Waals surface area (Å²) in [6, 6.07) is 5.26. The second kappa shape index (κ2) is 10.2. The molecule has 0 spiro atoms. The smallest absolute Gasteiger partial charge is 0.362 e. The molecule has 0 radical (unpaired) electrons. The van der Waals surface area contributed by atoms with Crippen molar-refractivity contribution in [3.63, 3.8) is 0 Å². The van der Waals surface area contributed by atoms with Crippen LogP contribution in [0.3, 0.4) is 0 Å². The number of anilines is 1. The Morgan fingerprint density at radius 3 is 2.70 bits per heavy atom. The molecule has 1 aromatic carbocycles. The Morgan fingerprint density at radius 2 is 2.00 bits per heavy atom. The number of aromatic hydroxyl groups is 1. The lowest BCUT2D eigenvalue weighted by Crippen LogP contribution is -2.40. The van der Waals surface area contributed by atoms with E-state index in [9.17, 15) is 23.1 Å². The quantitative estimate of drug-likeness (QED) is 0.338. The summed E-state index contributed by atoms with van der Waals surface area (Å²) in [5.41, 5.74) is 5.78. The van der Waals surface area contributed by atoms with Crippen LogP contribution in [0.2, 0.25) is 0 Å². The van der Waals surface area contributed by atoms with E-state index in [1.54, 1.807) is 4.72 Å². The molecule has 1 amide bonds. The minimum Gasteiger partial charge on any atom is -0.507 e. The summed E-state index contributed by atoms with van der Waals surface area (Å²) >= 11 is 0. The van der Waals surface area contributed by atoms with Gasteiger partial charge in [0.1, 0.15) is 23.7 Å². The van der Waals surface area contributed by atoms with Gasteiger partial charge in [0.2, 0.25) is 0 Å². The first-order valence-corrected chi connectivity index (χ1v) is 12.3. The standard InChI is InChI=1S/C21H23FN6O8S/c1-10(2)21(31)36-16-13(7-34-37(32,33)27-19(30)11-5-3-4-6-12(11)29)35-20(14(16)22)28-9-26-15-17(23)24-8-25-18(15)28/h3-6,8-10,13-14,16,20,29H,7H2,1-2H3,(H,27,30)(H2,23,24,25)/t13-,14-,16-,20-/m1/s1. The van der Waals surface area contributed by atoms with Gasteiger partial charge in [-0.3, -0.25) is 18.3 Å². The number of phenols is 1. The number of rotatable bonds is 8. The molecular weight excluding hydrogens is 515 g/mol. The number of hydrogen-bond donors (Lipinski definition) is 3. The number of ether oxygens (including phenoxy) is 2. The molecule has 198 valence electrons. The van der Waals surface area contributed by atoms with E-state index in [4.69, 9.17) is 19.4 Å². The molecule has 4 rings (SSSR count). The number of nitrogens with two attached hydrogens (primary N) is 1. The molecule has 0 aliphatic carbocycles. The van der Waals surface area contributed by atoms with Crippen LogP contribution in [0.5, 0.6) is 5.75 Å². The SMILES string of the molecule is CC(C)C(=O)O[C@H]1[C@@H](F)[C@H](n2cnc3c(N)ncnc32)O[C@@H]1COS(=O)(=O)NC(=O)c1ccccc1O. The third-order valence-corrected chi connectivity index (χ3v) is 6.29. The van der Waals surface area contributed by atoms with Gasteiger partial charge in [0.15, 0.2) is 30.0 Å². The molecule has 0 bridgehead atoms. The fourth-order valence-corrected chi connectivity index (χ4v) is 4.25. The number of alkyl halides is 1. The number of nitrogens with zero attached hydrogens (tertiary/aromatic N) is 4. The predicted octanol–water partition coefficient (Wildman–Crippen LogP) is 0.609. The fraction of sp³-hybridized carbons (Fsp3) is 0.381. The van der Waals surface area contributed by atoms with Crippen LogP contribution in [0, 0.1) is 5.92 Å². The van der Waals surface area contributed by atoms with Gasteiger partial charge in [0.25, 0.3) is 5.91 Å². The Balaban J connectivity index is 1.54. The van der Waals surface area contributed by atoms with Crippen LogP contribution in [0.4, 0.5) is 10.2 Å². The van der Waals surface area contributed by atoms with Crippen LogP contribution in [0.25, 0.3) is 11.2 Å². The summed E-state index contributed by atoms with van der Waals surface area (Å²) in [4.78, 5) is 36.4. The number of hydrogen-bond acceptors (Lipinski definition) is 12. The third kappa shape index (κ3) is 5.45. The number of imidazole rings is 1. The minimum absolute atomic E-state index is 0.0473. The highest BCUT2D eigenvalue weighted by Gasteiger charge is 2.50. The molecule has 4 atom stereocenters. The van der Waals surface area contributed by atoms with E-state index in [1.165, 1.54) is 49.0 Å². The average Bonchev–Trinajstić information content (AvgIpc) is 3.40. The lowest BCUT2D eigenvalue weighted by Gasteiger charge is -2.20. The van der Waals surface area contributed by atoms with Gasteiger partial charge in [0, 0.05) is 0 Å². The maximum Gasteiger partial charge on any atom is 0.362 e. The Morgan fingerprint density at radius 1 is 1.27 bits per heavy atom. The van der Waals surface area contributed by atoms with Crippen molar-refractivity contribution in [2.45, 2.75) is 38.5 Å². The van der Waals surface area contributed by atoms with Gasteiger partial charge in [-0.2, -0.15) is 8.42 Å². The predicted molar refractivity (Wildman–Crippen MR) is 124 cm³/mol. The number of phenolic OH excluding ortho intramolecular Hbond substituents is 1. The number of aromatic nitrogens is 4. The minimum atomic E-state index is -4.74. The van der Waals surface area contributed by atoms with Crippen molar-refractivity contribution in [3.05, 3.63) is 42.5 Å². The van der Waals surface area contributed by atoms with E-state index in [0.717, 1.165) is 6.33 Å². The van der Waals surface area contributed by atoms with Gasteiger partial charge in [-0.1, -0.05) is 26.0 Å². The first-order valence-electron chi connectivity index (χ1n) is 10.9. The molecule has 1 saturated heterocycles. The number of esters is 1. The van der Waals surface area contributed by atoms with Crippen LogP contribution in [-0.4, -0.2) is 69.9 Å². The van der Waals surface area contributed by atoms with E-state index in [-0.39, 0.29) is 22.5 Å². The van der Waals surface area contributed by atoms with Gasteiger partial charge >= 0.3 is 16.3 Å². The van der Waals surface area contributed by atoms with E-state index in [2.05, 4.69) is 15.0 Å². The molecule has 0 unspecified atom stereocenters. The van der Waals surface area contributed by atoms with Crippen molar-refractivity contribution in [1.82, 2.24) is 24.2 Å². The van der Waals surface area contributed by atoms with Gasteiger partial charge in [-0.25, -0.2) is 24.1 Å². The second-order valence-corrected chi connectivity index (χ2v) is 9.68. The topological polar surface area (TPSA) is 198 Å². The highest BCUT2D eigenvalue weighted by molar-refractivity contribution is 7.85.